The molecule has 190 valence electrons. The minimum atomic E-state index is -4.72. The highest BCUT2D eigenvalue weighted by atomic mass is 35.5. The number of hydrogen-bond acceptors (Lipinski definition) is 7. The summed E-state index contributed by atoms with van der Waals surface area (Å²) in [5.74, 6) is 0.830. The SMILES string of the molecule is NC(CO)(CCc1ccc2c(=O)c3cc(Oc4cc(Cl)cc(Cl)c4)ccc3oc2c1)COP(=O)(O)O. The number of aliphatic hydroxyl groups is 1. The van der Waals surface area contributed by atoms with Gasteiger partial charge < -0.3 is 29.8 Å². The molecule has 1 atom stereocenters. The highest BCUT2D eigenvalue weighted by Gasteiger charge is 2.28. The maximum absolute atomic E-state index is 13.2. The summed E-state index contributed by atoms with van der Waals surface area (Å²) in [5, 5.41) is 11.1. The fourth-order valence-electron chi connectivity index (χ4n) is 3.62. The number of phosphoric ester groups is 1. The molecule has 4 aromatic rings. The molecule has 1 aromatic heterocycles. The maximum atomic E-state index is 13.2. The van der Waals surface area contributed by atoms with E-state index in [-0.39, 0.29) is 11.8 Å². The van der Waals surface area contributed by atoms with Gasteiger partial charge in [-0.25, -0.2) is 4.57 Å². The zero-order valence-corrected chi connectivity index (χ0v) is 21.1. The van der Waals surface area contributed by atoms with Crippen molar-refractivity contribution in [1.29, 1.82) is 0 Å². The Morgan fingerprint density at radius 1 is 0.944 bits per heavy atom. The molecule has 4 rings (SSSR count). The number of aryl methyl sites for hydroxylation is 1. The van der Waals surface area contributed by atoms with Crippen LogP contribution < -0.4 is 15.9 Å². The number of ether oxygens (including phenoxy) is 1. The lowest BCUT2D eigenvalue weighted by molar-refractivity contribution is 0.102. The van der Waals surface area contributed by atoms with Gasteiger partial charge in [-0.15, -0.1) is 0 Å². The summed E-state index contributed by atoms with van der Waals surface area (Å²) in [5.41, 5.74) is 5.90. The molecule has 5 N–H and O–H groups in total. The molecule has 0 saturated heterocycles. The lowest BCUT2D eigenvalue weighted by Crippen LogP contribution is -2.48. The first-order valence-corrected chi connectivity index (χ1v) is 13.0. The molecule has 36 heavy (non-hydrogen) atoms. The van der Waals surface area contributed by atoms with Crippen LogP contribution in [0.5, 0.6) is 11.5 Å². The molecule has 1 heterocycles. The molecule has 0 aliphatic heterocycles. The molecule has 0 saturated carbocycles. The Morgan fingerprint density at radius 3 is 2.33 bits per heavy atom. The number of phosphoric acid groups is 1. The van der Waals surface area contributed by atoms with Crippen molar-refractivity contribution in [3.05, 3.63) is 80.4 Å². The number of benzene rings is 3. The summed E-state index contributed by atoms with van der Waals surface area (Å²) < 4.78 is 27.2. The first-order valence-electron chi connectivity index (χ1n) is 10.7. The van der Waals surface area contributed by atoms with Gasteiger partial charge in [0.15, 0.2) is 0 Å². The van der Waals surface area contributed by atoms with E-state index < -0.39 is 26.6 Å². The standard InChI is InChI=1S/C24H22Cl2NO8P/c25-15-8-16(26)10-18(9-15)34-17-2-4-21-20(11-17)23(29)19-3-1-14(7-22(19)35-21)5-6-24(27,12-28)13-33-36(30,31)32/h1-4,7-11,28H,5-6,12-13,27H2,(H2,30,31,32). The zero-order valence-electron chi connectivity index (χ0n) is 18.7. The minimum Gasteiger partial charge on any atom is -0.457 e. The van der Waals surface area contributed by atoms with Gasteiger partial charge in [0.1, 0.15) is 22.7 Å². The van der Waals surface area contributed by atoms with E-state index in [4.69, 9.17) is 47.9 Å². The quantitative estimate of drug-likeness (QED) is 0.169. The van der Waals surface area contributed by atoms with Crippen LogP contribution in [0.1, 0.15) is 12.0 Å². The Kier molecular flexibility index (Phi) is 7.75. The van der Waals surface area contributed by atoms with Gasteiger partial charge in [-0.3, -0.25) is 9.32 Å². The molecule has 1 unspecified atom stereocenters. The Bertz CT molecular complexity index is 1520. The molecule has 0 bridgehead atoms. The predicted molar refractivity (Wildman–Crippen MR) is 137 cm³/mol. The molecular formula is C24H22Cl2NO8P. The number of fused-ring (bicyclic) bond motifs is 2. The van der Waals surface area contributed by atoms with Gasteiger partial charge in [-0.1, -0.05) is 29.3 Å². The van der Waals surface area contributed by atoms with Crippen molar-refractivity contribution in [3.8, 4) is 11.5 Å². The van der Waals surface area contributed by atoms with Crippen molar-refractivity contribution in [2.75, 3.05) is 13.2 Å². The summed E-state index contributed by atoms with van der Waals surface area (Å²) in [4.78, 5) is 30.9. The molecule has 0 amide bonds. The summed E-state index contributed by atoms with van der Waals surface area (Å²) in [6.45, 7) is -1.06. The van der Waals surface area contributed by atoms with Crippen LogP contribution in [0.4, 0.5) is 0 Å². The fourth-order valence-corrected chi connectivity index (χ4v) is 4.55. The van der Waals surface area contributed by atoms with Crippen LogP contribution in [0, 0.1) is 0 Å². The van der Waals surface area contributed by atoms with Gasteiger partial charge in [0.05, 0.1) is 29.5 Å². The molecule has 12 heteroatoms. The van der Waals surface area contributed by atoms with E-state index in [2.05, 4.69) is 4.52 Å². The average molecular weight is 554 g/mol. The fraction of sp³-hybridized carbons (Fsp3) is 0.208. The van der Waals surface area contributed by atoms with Gasteiger partial charge in [-0.05, 0) is 66.9 Å². The van der Waals surface area contributed by atoms with Crippen molar-refractivity contribution < 1.29 is 33.1 Å². The molecular weight excluding hydrogens is 532 g/mol. The third kappa shape index (κ3) is 6.45. The number of halogens is 2. The largest absolute Gasteiger partial charge is 0.469 e. The van der Waals surface area contributed by atoms with E-state index in [1.54, 1.807) is 54.6 Å². The van der Waals surface area contributed by atoms with Crippen LogP contribution in [0.3, 0.4) is 0 Å². The monoisotopic (exact) mass is 553 g/mol. The van der Waals surface area contributed by atoms with Crippen molar-refractivity contribution in [2.24, 2.45) is 5.73 Å². The van der Waals surface area contributed by atoms with Crippen molar-refractivity contribution in [2.45, 2.75) is 18.4 Å². The Hall–Kier alpha value is -2.46. The molecule has 0 aliphatic rings. The van der Waals surface area contributed by atoms with Crippen molar-refractivity contribution >= 4 is 53.0 Å². The van der Waals surface area contributed by atoms with E-state index in [0.29, 0.717) is 49.9 Å². The summed E-state index contributed by atoms with van der Waals surface area (Å²) in [6.07, 6.45) is 0.509. The minimum absolute atomic E-state index is 0.168. The number of aliphatic hydroxyl groups excluding tert-OH is 1. The molecule has 0 radical (unpaired) electrons. The second-order valence-electron chi connectivity index (χ2n) is 8.41. The van der Waals surface area contributed by atoms with Crippen molar-refractivity contribution in [1.82, 2.24) is 0 Å². The second kappa shape index (κ2) is 10.5. The zero-order chi connectivity index (χ0) is 26.1. The van der Waals surface area contributed by atoms with E-state index in [1.165, 1.54) is 0 Å². The van der Waals surface area contributed by atoms with Crippen molar-refractivity contribution in [3.63, 3.8) is 0 Å². The highest BCUT2D eigenvalue weighted by Crippen LogP contribution is 2.37. The van der Waals surface area contributed by atoms with E-state index in [1.807, 2.05) is 0 Å². The summed E-state index contributed by atoms with van der Waals surface area (Å²) >= 11 is 12.0. The molecule has 9 nitrogen and oxygen atoms in total. The molecule has 0 spiro atoms. The molecule has 0 aliphatic carbocycles. The van der Waals surface area contributed by atoms with E-state index in [9.17, 15) is 14.5 Å². The van der Waals surface area contributed by atoms with Gasteiger partial charge in [-0.2, -0.15) is 0 Å². The second-order valence-corrected chi connectivity index (χ2v) is 10.5. The first-order chi connectivity index (χ1) is 16.9. The lowest BCUT2D eigenvalue weighted by Gasteiger charge is -2.27. The highest BCUT2D eigenvalue weighted by molar-refractivity contribution is 7.46. The van der Waals surface area contributed by atoms with Gasteiger partial charge in [0.2, 0.25) is 5.43 Å². The smallest absolute Gasteiger partial charge is 0.457 e. The Labute approximate surface area is 215 Å². The summed E-state index contributed by atoms with van der Waals surface area (Å²) in [6, 6.07) is 14.7. The van der Waals surface area contributed by atoms with Crippen LogP contribution in [0.15, 0.2) is 63.8 Å². The van der Waals surface area contributed by atoms with Crippen LogP contribution in [0.2, 0.25) is 10.0 Å². The molecule has 0 fully saturated rings. The number of hydrogen-bond donors (Lipinski definition) is 4. The Balaban J connectivity index is 1.58. The number of nitrogens with two attached hydrogens (primary N) is 1. The van der Waals surface area contributed by atoms with Crippen LogP contribution in [-0.2, 0) is 15.5 Å². The number of rotatable bonds is 9. The normalized spacial score (nSPS) is 13.7. The predicted octanol–water partition coefficient (Wildman–Crippen LogP) is 4.78. The van der Waals surface area contributed by atoms with Crippen LogP contribution >= 0.6 is 31.0 Å². The molecule has 3 aromatic carbocycles. The van der Waals surface area contributed by atoms with E-state index in [0.717, 1.165) is 5.56 Å². The van der Waals surface area contributed by atoms with Crippen LogP contribution in [-0.4, -0.2) is 33.6 Å². The lowest BCUT2D eigenvalue weighted by atomic mass is 9.93. The Morgan fingerprint density at radius 2 is 1.67 bits per heavy atom. The average Bonchev–Trinajstić information content (AvgIpc) is 2.81. The van der Waals surface area contributed by atoms with E-state index >= 15 is 0 Å². The van der Waals surface area contributed by atoms with Crippen LogP contribution in [0.25, 0.3) is 21.9 Å². The first kappa shape index (κ1) is 26.6. The van der Waals surface area contributed by atoms with Gasteiger partial charge >= 0.3 is 7.82 Å². The topological polar surface area (TPSA) is 152 Å². The van der Waals surface area contributed by atoms with Gasteiger partial charge in [0.25, 0.3) is 0 Å². The maximum Gasteiger partial charge on any atom is 0.469 e. The third-order valence-corrected chi connectivity index (χ3v) is 6.43. The third-order valence-electron chi connectivity index (χ3n) is 5.52. The summed E-state index contributed by atoms with van der Waals surface area (Å²) in [7, 11) is -4.72. The van der Waals surface area contributed by atoms with Gasteiger partial charge in [0, 0.05) is 10.0 Å².